The molecular formula is C22H26N2O4. The lowest BCUT2D eigenvalue weighted by atomic mass is 9.96. The van der Waals surface area contributed by atoms with Crippen LogP contribution < -0.4 is 10.1 Å². The maximum Gasteiger partial charge on any atom is 0.411 e. The molecule has 1 aliphatic rings. The number of carbonyl (C=O) groups excluding carboxylic acids is 2. The number of carbonyl (C=O) groups is 2. The van der Waals surface area contributed by atoms with Crippen molar-refractivity contribution in [1.29, 1.82) is 0 Å². The van der Waals surface area contributed by atoms with E-state index >= 15 is 0 Å². The summed E-state index contributed by atoms with van der Waals surface area (Å²) < 4.78 is 10.7. The quantitative estimate of drug-likeness (QED) is 0.806. The SMILES string of the molecule is COc1ccc(NC(=O)[C@H]2N(C(=O)OC(C)(C)C)C2(C)c2ccccc2)cc1. The minimum atomic E-state index is -0.764. The van der Waals surface area contributed by atoms with Gasteiger partial charge in [0.1, 0.15) is 17.4 Å². The molecule has 1 unspecified atom stereocenters. The Morgan fingerprint density at radius 3 is 2.18 bits per heavy atom. The van der Waals surface area contributed by atoms with Crippen LogP contribution in [0.3, 0.4) is 0 Å². The van der Waals surface area contributed by atoms with Crippen molar-refractivity contribution in [3.63, 3.8) is 0 Å². The van der Waals surface area contributed by atoms with E-state index in [0.717, 1.165) is 5.56 Å². The van der Waals surface area contributed by atoms with E-state index in [1.54, 1.807) is 52.1 Å². The first-order chi connectivity index (χ1) is 13.2. The summed E-state index contributed by atoms with van der Waals surface area (Å²) in [7, 11) is 1.59. The Kier molecular flexibility index (Phi) is 5.06. The second-order valence-corrected chi connectivity index (χ2v) is 7.98. The van der Waals surface area contributed by atoms with Gasteiger partial charge in [0.15, 0.2) is 0 Å². The molecule has 0 bridgehead atoms. The lowest BCUT2D eigenvalue weighted by Crippen LogP contribution is -2.30. The molecule has 2 amide bonds. The summed E-state index contributed by atoms with van der Waals surface area (Å²) >= 11 is 0. The summed E-state index contributed by atoms with van der Waals surface area (Å²) in [5.74, 6) is 0.441. The van der Waals surface area contributed by atoms with Gasteiger partial charge >= 0.3 is 6.09 Å². The van der Waals surface area contributed by atoms with Gasteiger partial charge in [-0.1, -0.05) is 30.3 Å². The fraction of sp³-hybridized carbons (Fsp3) is 0.364. The number of nitrogens with zero attached hydrogens (tertiary/aromatic N) is 1. The van der Waals surface area contributed by atoms with Crippen molar-refractivity contribution in [2.75, 3.05) is 12.4 Å². The maximum absolute atomic E-state index is 13.0. The molecule has 1 heterocycles. The van der Waals surface area contributed by atoms with E-state index in [0.29, 0.717) is 11.4 Å². The predicted molar refractivity (Wildman–Crippen MR) is 107 cm³/mol. The van der Waals surface area contributed by atoms with Gasteiger partial charge in [0.2, 0.25) is 5.91 Å². The highest BCUT2D eigenvalue weighted by Crippen LogP contribution is 2.50. The van der Waals surface area contributed by atoms with Crippen molar-refractivity contribution in [2.24, 2.45) is 0 Å². The van der Waals surface area contributed by atoms with Crippen molar-refractivity contribution in [3.05, 3.63) is 60.2 Å². The Morgan fingerprint density at radius 1 is 1.04 bits per heavy atom. The molecular weight excluding hydrogens is 356 g/mol. The van der Waals surface area contributed by atoms with Gasteiger partial charge in [0.05, 0.1) is 12.6 Å². The van der Waals surface area contributed by atoms with Crippen molar-refractivity contribution in [3.8, 4) is 5.75 Å². The fourth-order valence-electron chi connectivity index (χ4n) is 3.33. The van der Waals surface area contributed by atoms with E-state index in [-0.39, 0.29) is 5.91 Å². The van der Waals surface area contributed by atoms with E-state index in [1.165, 1.54) is 4.90 Å². The predicted octanol–water partition coefficient (Wildman–Crippen LogP) is 4.17. The molecule has 2 aromatic carbocycles. The Hall–Kier alpha value is -3.02. The zero-order valence-electron chi connectivity index (χ0n) is 16.9. The van der Waals surface area contributed by atoms with Gasteiger partial charge < -0.3 is 14.8 Å². The molecule has 1 aliphatic heterocycles. The largest absolute Gasteiger partial charge is 0.497 e. The number of anilines is 1. The minimum Gasteiger partial charge on any atom is -0.497 e. The monoisotopic (exact) mass is 382 g/mol. The zero-order chi connectivity index (χ0) is 20.5. The van der Waals surface area contributed by atoms with Crippen molar-refractivity contribution in [2.45, 2.75) is 44.9 Å². The molecule has 0 aliphatic carbocycles. The van der Waals surface area contributed by atoms with Crippen LogP contribution in [0.5, 0.6) is 5.75 Å². The Bertz CT molecular complexity index is 858. The molecule has 1 saturated heterocycles. The van der Waals surface area contributed by atoms with Crippen molar-refractivity contribution in [1.82, 2.24) is 4.90 Å². The summed E-state index contributed by atoms with van der Waals surface area (Å²) in [6.45, 7) is 7.30. The first kappa shape index (κ1) is 19.7. The minimum absolute atomic E-state index is 0.262. The highest BCUT2D eigenvalue weighted by molar-refractivity contribution is 6.02. The summed E-state index contributed by atoms with van der Waals surface area (Å²) in [5, 5.41) is 2.88. The molecule has 0 saturated carbocycles. The molecule has 28 heavy (non-hydrogen) atoms. The highest BCUT2D eigenvalue weighted by atomic mass is 16.6. The molecule has 2 atom stereocenters. The van der Waals surface area contributed by atoms with Crippen LogP contribution in [0.25, 0.3) is 0 Å². The van der Waals surface area contributed by atoms with Crippen LogP contribution in [0.4, 0.5) is 10.5 Å². The van der Waals surface area contributed by atoms with E-state index in [9.17, 15) is 9.59 Å². The smallest absolute Gasteiger partial charge is 0.411 e. The molecule has 2 aromatic rings. The van der Waals surface area contributed by atoms with Gasteiger partial charge in [0, 0.05) is 5.69 Å². The summed E-state index contributed by atoms with van der Waals surface area (Å²) in [6, 6.07) is 15.9. The average Bonchev–Trinajstić information content (AvgIpc) is 3.29. The molecule has 3 rings (SSSR count). The number of nitrogens with one attached hydrogen (secondary N) is 1. The Labute approximate surface area is 165 Å². The number of amides is 2. The lowest BCUT2D eigenvalue weighted by Gasteiger charge is -2.21. The van der Waals surface area contributed by atoms with Crippen molar-refractivity contribution < 1.29 is 19.1 Å². The highest BCUT2D eigenvalue weighted by Gasteiger charge is 2.67. The number of rotatable bonds is 4. The van der Waals surface area contributed by atoms with Crippen molar-refractivity contribution >= 4 is 17.7 Å². The van der Waals surface area contributed by atoms with Crippen LogP contribution in [0.15, 0.2) is 54.6 Å². The molecule has 0 spiro atoms. The number of hydrogen-bond donors (Lipinski definition) is 1. The van der Waals surface area contributed by atoms with Crippen LogP contribution in [-0.4, -0.2) is 35.7 Å². The topological polar surface area (TPSA) is 67.6 Å². The standard InChI is InChI=1S/C22H26N2O4/c1-21(2,3)28-20(26)24-18(22(24,4)15-9-7-6-8-10-15)19(25)23-16-11-13-17(27-5)14-12-16/h6-14,18H,1-5H3,(H,23,25)/t18-,22?,24?/m1/s1. The molecule has 6 nitrogen and oxygen atoms in total. The summed E-state index contributed by atoms with van der Waals surface area (Å²) in [4.78, 5) is 27.3. The van der Waals surface area contributed by atoms with Gasteiger partial charge in [-0.05, 0) is 57.5 Å². The van der Waals surface area contributed by atoms with E-state index < -0.39 is 23.3 Å². The van der Waals surface area contributed by atoms with E-state index in [2.05, 4.69) is 5.32 Å². The van der Waals surface area contributed by atoms with Crippen LogP contribution in [0, 0.1) is 0 Å². The van der Waals surface area contributed by atoms with Gasteiger partial charge in [-0.25, -0.2) is 4.79 Å². The molecule has 0 aromatic heterocycles. The summed E-state index contributed by atoms with van der Waals surface area (Å²) in [5.41, 5.74) is 0.113. The molecule has 1 N–H and O–H groups in total. The van der Waals surface area contributed by atoms with Crippen LogP contribution in [0.1, 0.15) is 33.3 Å². The third-order valence-corrected chi connectivity index (χ3v) is 4.78. The molecule has 1 fully saturated rings. The van der Waals surface area contributed by atoms with Crippen LogP contribution in [0.2, 0.25) is 0 Å². The van der Waals surface area contributed by atoms with E-state index in [1.807, 2.05) is 37.3 Å². The fourth-order valence-corrected chi connectivity index (χ4v) is 3.33. The number of ether oxygens (including phenoxy) is 2. The van der Waals surface area contributed by atoms with E-state index in [4.69, 9.17) is 9.47 Å². The van der Waals surface area contributed by atoms with Gasteiger partial charge in [-0.2, -0.15) is 0 Å². The number of hydrogen-bond acceptors (Lipinski definition) is 4. The Balaban J connectivity index is 1.85. The zero-order valence-corrected chi connectivity index (χ0v) is 16.9. The first-order valence-corrected chi connectivity index (χ1v) is 9.19. The van der Waals surface area contributed by atoms with Crippen LogP contribution in [-0.2, 0) is 15.1 Å². The second kappa shape index (κ2) is 7.19. The van der Waals surface area contributed by atoms with Crippen LogP contribution >= 0.6 is 0 Å². The Morgan fingerprint density at radius 2 is 1.64 bits per heavy atom. The molecule has 6 heteroatoms. The average molecular weight is 382 g/mol. The van der Waals surface area contributed by atoms with Gasteiger partial charge in [-0.15, -0.1) is 0 Å². The lowest BCUT2D eigenvalue weighted by molar-refractivity contribution is -0.116. The maximum atomic E-state index is 13.0. The molecule has 0 radical (unpaired) electrons. The van der Waals surface area contributed by atoms with Gasteiger partial charge in [-0.3, -0.25) is 9.69 Å². The number of benzene rings is 2. The summed E-state index contributed by atoms with van der Waals surface area (Å²) in [6.07, 6.45) is -0.506. The molecule has 148 valence electrons. The normalized spacial score (nSPS) is 21.0. The second-order valence-electron chi connectivity index (χ2n) is 7.98. The van der Waals surface area contributed by atoms with Gasteiger partial charge in [0.25, 0.3) is 0 Å². The third kappa shape index (κ3) is 3.81. The third-order valence-electron chi connectivity index (χ3n) is 4.78. The first-order valence-electron chi connectivity index (χ1n) is 9.19. The number of methoxy groups -OCH3 is 1.